The van der Waals surface area contributed by atoms with Gasteiger partial charge >= 0.3 is 6.18 Å². The maximum absolute atomic E-state index is 12.0. The number of halogens is 4. The van der Waals surface area contributed by atoms with Gasteiger partial charge in [0, 0.05) is 11.9 Å². The molecule has 0 unspecified atom stereocenters. The molecule has 0 bridgehead atoms. The molecule has 1 aromatic rings. The van der Waals surface area contributed by atoms with Crippen LogP contribution in [0.5, 0.6) is 0 Å². The molecule has 0 N–H and O–H groups in total. The molecule has 2 nitrogen and oxygen atoms in total. The third-order valence-corrected chi connectivity index (χ3v) is 3.07. The third-order valence-electron chi connectivity index (χ3n) is 1.92. The monoisotopic (exact) mass is 272 g/mol. The van der Waals surface area contributed by atoms with Gasteiger partial charge in [-0.25, -0.2) is 4.98 Å². The summed E-state index contributed by atoms with van der Waals surface area (Å²) < 4.78 is 35.9. The number of thiazole rings is 1. The SMILES string of the molecule is CN(CCC(F)(F)F)Cc1nc(CCl)cs1. The van der Waals surface area contributed by atoms with E-state index in [0.29, 0.717) is 12.4 Å². The normalized spacial score (nSPS) is 12.4. The summed E-state index contributed by atoms with van der Waals surface area (Å²) in [6.07, 6.45) is -4.89. The van der Waals surface area contributed by atoms with Gasteiger partial charge in [0.05, 0.1) is 24.5 Å². The molecule has 0 aliphatic heterocycles. The van der Waals surface area contributed by atoms with Crippen LogP contribution >= 0.6 is 22.9 Å². The second-order valence-corrected chi connectivity index (χ2v) is 4.68. The van der Waals surface area contributed by atoms with Crippen molar-refractivity contribution in [2.45, 2.75) is 25.0 Å². The van der Waals surface area contributed by atoms with Crippen LogP contribution < -0.4 is 0 Å². The van der Waals surface area contributed by atoms with Gasteiger partial charge < -0.3 is 0 Å². The van der Waals surface area contributed by atoms with Crippen molar-refractivity contribution in [2.75, 3.05) is 13.6 Å². The van der Waals surface area contributed by atoms with E-state index < -0.39 is 12.6 Å². The minimum absolute atomic E-state index is 0.0146. The van der Waals surface area contributed by atoms with E-state index in [9.17, 15) is 13.2 Å². The minimum Gasteiger partial charge on any atom is -0.299 e. The number of alkyl halides is 4. The summed E-state index contributed by atoms with van der Waals surface area (Å²) in [6.45, 7) is 0.414. The summed E-state index contributed by atoms with van der Waals surface area (Å²) in [6, 6.07) is 0. The van der Waals surface area contributed by atoms with Crippen molar-refractivity contribution >= 4 is 22.9 Å². The van der Waals surface area contributed by atoms with Gasteiger partial charge in [-0.2, -0.15) is 13.2 Å². The predicted molar refractivity (Wildman–Crippen MR) is 58.7 cm³/mol. The maximum Gasteiger partial charge on any atom is 0.390 e. The molecular formula is C9H12ClF3N2S. The number of hydrogen-bond donors (Lipinski definition) is 0. The lowest BCUT2D eigenvalue weighted by Gasteiger charge is -2.15. The van der Waals surface area contributed by atoms with Crippen molar-refractivity contribution in [1.82, 2.24) is 9.88 Å². The number of hydrogen-bond acceptors (Lipinski definition) is 3. The van der Waals surface area contributed by atoms with Gasteiger partial charge in [-0.15, -0.1) is 22.9 Å². The Labute approximate surface area is 101 Å². The Morgan fingerprint density at radius 3 is 2.69 bits per heavy atom. The van der Waals surface area contributed by atoms with Gasteiger partial charge in [-0.3, -0.25) is 4.90 Å². The largest absolute Gasteiger partial charge is 0.390 e. The zero-order chi connectivity index (χ0) is 12.2. The average molecular weight is 273 g/mol. The molecule has 1 rings (SSSR count). The summed E-state index contributed by atoms with van der Waals surface area (Å²) in [4.78, 5) is 5.78. The van der Waals surface area contributed by atoms with Crippen LogP contribution in [0.2, 0.25) is 0 Å². The molecule has 1 heterocycles. The van der Waals surface area contributed by atoms with E-state index in [1.807, 2.05) is 5.38 Å². The standard InChI is InChI=1S/C9H12ClF3N2S/c1-15(3-2-9(11,12)13)5-8-14-7(4-10)6-16-8/h6H,2-5H2,1H3. The Bertz CT molecular complexity index is 327. The fourth-order valence-electron chi connectivity index (χ4n) is 1.11. The zero-order valence-electron chi connectivity index (χ0n) is 8.72. The Balaban J connectivity index is 2.36. The van der Waals surface area contributed by atoms with Gasteiger partial charge in [0.1, 0.15) is 5.01 Å². The van der Waals surface area contributed by atoms with E-state index >= 15 is 0 Å². The van der Waals surface area contributed by atoms with Gasteiger partial charge in [-0.05, 0) is 7.05 Å². The molecule has 0 aliphatic rings. The molecule has 0 fully saturated rings. The highest BCUT2D eigenvalue weighted by atomic mass is 35.5. The van der Waals surface area contributed by atoms with Crippen molar-refractivity contribution in [1.29, 1.82) is 0 Å². The first kappa shape index (κ1) is 13.7. The van der Waals surface area contributed by atoms with Crippen molar-refractivity contribution < 1.29 is 13.2 Å². The molecule has 0 atom stereocenters. The van der Waals surface area contributed by atoms with Crippen molar-refractivity contribution in [3.05, 3.63) is 16.1 Å². The quantitative estimate of drug-likeness (QED) is 0.765. The van der Waals surface area contributed by atoms with Crippen LogP contribution in [0.15, 0.2) is 5.38 Å². The van der Waals surface area contributed by atoms with Crippen LogP contribution in [0, 0.1) is 0 Å². The van der Waals surface area contributed by atoms with Gasteiger partial charge in [0.25, 0.3) is 0 Å². The molecular weight excluding hydrogens is 261 g/mol. The first-order valence-corrected chi connectivity index (χ1v) is 6.06. The van der Waals surface area contributed by atoms with Crippen molar-refractivity contribution in [2.24, 2.45) is 0 Å². The van der Waals surface area contributed by atoms with Crippen LogP contribution in [0.1, 0.15) is 17.1 Å². The molecule has 1 aromatic heterocycles. The molecule has 0 amide bonds. The maximum atomic E-state index is 12.0. The van der Waals surface area contributed by atoms with Crippen molar-refractivity contribution in [3.63, 3.8) is 0 Å². The lowest BCUT2D eigenvalue weighted by Crippen LogP contribution is -2.24. The fourth-order valence-corrected chi connectivity index (χ4v) is 2.21. The minimum atomic E-state index is -4.10. The summed E-state index contributed by atoms with van der Waals surface area (Å²) in [5.41, 5.74) is 0.769. The van der Waals surface area contributed by atoms with Gasteiger partial charge in [-0.1, -0.05) is 0 Å². The van der Waals surface area contributed by atoms with Crippen LogP contribution in [0.3, 0.4) is 0 Å². The molecule has 16 heavy (non-hydrogen) atoms. The molecule has 0 aromatic carbocycles. The Morgan fingerprint density at radius 2 is 2.19 bits per heavy atom. The number of nitrogens with zero attached hydrogens (tertiary/aromatic N) is 2. The number of aromatic nitrogens is 1. The summed E-state index contributed by atoms with van der Waals surface area (Å²) in [7, 11) is 1.65. The topological polar surface area (TPSA) is 16.1 Å². The van der Waals surface area contributed by atoms with E-state index in [0.717, 1.165) is 10.7 Å². The lowest BCUT2D eigenvalue weighted by molar-refractivity contribution is -0.137. The van der Waals surface area contributed by atoms with E-state index in [2.05, 4.69) is 4.98 Å². The smallest absolute Gasteiger partial charge is 0.299 e. The van der Waals surface area contributed by atoms with Crippen LogP contribution in [-0.2, 0) is 12.4 Å². The van der Waals surface area contributed by atoms with E-state index in [-0.39, 0.29) is 6.54 Å². The van der Waals surface area contributed by atoms with E-state index in [1.54, 1.807) is 11.9 Å². The van der Waals surface area contributed by atoms with Gasteiger partial charge in [0.15, 0.2) is 0 Å². The second kappa shape index (κ2) is 5.84. The Hall–Kier alpha value is -0.330. The molecule has 7 heteroatoms. The molecule has 0 aliphatic carbocycles. The zero-order valence-corrected chi connectivity index (χ0v) is 10.3. The lowest BCUT2D eigenvalue weighted by atomic mass is 10.4. The highest BCUT2D eigenvalue weighted by Gasteiger charge is 2.27. The first-order chi connectivity index (χ1) is 7.40. The van der Waals surface area contributed by atoms with Gasteiger partial charge in [0.2, 0.25) is 0 Å². The van der Waals surface area contributed by atoms with Crippen LogP contribution in [0.25, 0.3) is 0 Å². The first-order valence-electron chi connectivity index (χ1n) is 4.65. The van der Waals surface area contributed by atoms with Crippen LogP contribution in [0.4, 0.5) is 13.2 Å². The third kappa shape index (κ3) is 5.14. The van der Waals surface area contributed by atoms with Crippen molar-refractivity contribution in [3.8, 4) is 0 Å². The molecule has 0 saturated carbocycles. The molecule has 92 valence electrons. The second-order valence-electron chi connectivity index (χ2n) is 3.47. The summed E-state index contributed by atoms with van der Waals surface area (Å²) >= 11 is 7.00. The predicted octanol–water partition coefficient (Wildman–Crippen LogP) is 3.27. The highest BCUT2D eigenvalue weighted by molar-refractivity contribution is 7.09. The molecule has 0 saturated heterocycles. The highest BCUT2D eigenvalue weighted by Crippen LogP contribution is 2.20. The fraction of sp³-hybridized carbons (Fsp3) is 0.667. The average Bonchev–Trinajstić information content (AvgIpc) is 2.61. The number of rotatable bonds is 5. The van der Waals surface area contributed by atoms with Crippen LogP contribution in [-0.4, -0.2) is 29.7 Å². The Morgan fingerprint density at radius 1 is 1.50 bits per heavy atom. The molecule has 0 spiro atoms. The molecule has 0 radical (unpaired) electrons. The Kier molecular flexibility index (Phi) is 5.01. The van der Waals surface area contributed by atoms with E-state index in [4.69, 9.17) is 11.6 Å². The summed E-state index contributed by atoms with van der Waals surface area (Å²) in [5.74, 6) is 0.336. The van der Waals surface area contributed by atoms with E-state index in [1.165, 1.54) is 11.3 Å². The summed E-state index contributed by atoms with van der Waals surface area (Å²) in [5, 5.41) is 2.61.